The fraction of sp³-hybridized carbons (Fsp3) is 0.333. The van der Waals surface area contributed by atoms with E-state index in [1.807, 2.05) is 41.9 Å². The molecule has 0 atom stereocenters. The van der Waals surface area contributed by atoms with Crippen LogP contribution in [-0.4, -0.2) is 57.7 Å². The molecule has 8 nitrogen and oxygen atoms in total. The minimum Gasteiger partial charge on any atom is -0.437 e. The van der Waals surface area contributed by atoms with Gasteiger partial charge in [-0.3, -0.25) is 14.5 Å². The standard InChI is InChI=1S/C18H22N6O2/c1-13(25)22(2)7-8-23(3)17-11-19-12-18(21-17)26-15-5-6-16-14(9-15)10-20-24(16)4/h5-6,9-12H,7-8H2,1-4H3. The number of rotatable bonds is 6. The molecule has 0 spiro atoms. The number of amides is 1. The van der Waals surface area contributed by atoms with Crippen molar-refractivity contribution >= 4 is 22.6 Å². The van der Waals surface area contributed by atoms with Crippen LogP contribution in [0.1, 0.15) is 6.92 Å². The van der Waals surface area contributed by atoms with Crippen molar-refractivity contribution in [3.63, 3.8) is 0 Å². The molecule has 0 N–H and O–H groups in total. The lowest BCUT2D eigenvalue weighted by Crippen LogP contribution is -2.33. The molecular weight excluding hydrogens is 332 g/mol. The molecule has 1 amide bonds. The zero-order valence-corrected chi connectivity index (χ0v) is 15.4. The van der Waals surface area contributed by atoms with Crippen LogP contribution in [0.3, 0.4) is 0 Å². The van der Waals surface area contributed by atoms with Gasteiger partial charge in [-0.05, 0) is 18.2 Å². The highest BCUT2D eigenvalue weighted by Crippen LogP contribution is 2.25. The molecule has 0 saturated heterocycles. The van der Waals surface area contributed by atoms with Crippen molar-refractivity contribution in [3.8, 4) is 11.6 Å². The number of benzene rings is 1. The Morgan fingerprint density at radius 1 is 1.19 bits per heavy atom. The first-order valence-electron chi connectivity index (χ1n) is 8.28. The van der Waals surface area contributed by atoms with E-state index in [0.29, 0.717) is 30.5 Å². The molecule has 3 rings (SSSR count). The van der Waals surface area contributed by atoms with E-state index in [4.69, 9.17) is 4.74 Å². The van der Waals surface area contributed by atoms with Gasteiger partial charge in [0, 0.05) is 46.5 Å². The second-order valence-electron chi connectivity index (χ2n) is 6.17. The molecule has 0 aliphatic heterocycles. The van der Waals surface area contributed by atoms with Crippen LogP contribution in [0.15, 0.2) is 36.8 Å². The molecule has 0 unspecified atom stereocenters. The van der Waals surface area contributed by atoms with Crippen molar-refractivity contribution in [2.45, 2.75) is 6.92 Å². The Balaban J connectivity index is 1.70. The maximum Gasteiger partial charge on any atom is 0.239 e. The number of aromatic nitrogens is 4. The van der Waals surface area contributed by atoms with Crippen LogP contribution >= 0.6 is 0 Å². The topological polar surface area (TPSA) is 76.4 Å². The third kappa shape index (κ3) is 3.90. The summed E-state index contributed by atoms with van der Waals surface area (Å²) < 4.78 is 7.66. The zero-order valence-electron chi connectivity index (χ0n) is 15.4. The molecular formula is C18H22N6O2. The van der Waals surface area contributed by atoms with E-state index in [0.717, 1.165) is 10.9 Å². The van der Waals surface area contributed by atoms with Gasteiger partial charge in [0.25, 0.3) is 0 Å². The van der Waals surface area contributed by atoms with Gasteiger partial charge in [-0.15, -0.1) is 0 Å². The summed E-state index contributed by atoms with van der Waals surface area (Å²) in [6.07, 6.45) is 5.04. The Morgan fingerprint density at radius 2 is 2.00 bits per heavy atom. The van der Waals surface area contributed by atoms with E-state index in [1.165, 1.54) is 0 Å². The van der Waals surface area contributed by atoms with Gasteiger partial charge in [0.2, 0.25) is 11.8 Å². The smallest absolute Gasteiger partial charge is 0.239 e. The summed E-state index contributed by atoms with van der Waals surface area (Å²) in [5.74, 6) is 1.81. The van der Waals surface area contributed by atoms with Gasteiger partial charge in [-0.25, -0.2) is 0 Å². The lowest BCUT2D eigenvalue weighted by molar-refractivity contribution is -0.127. The van der Waals surface area contributed by atoms with Crippen LogP contribution in [0.4, 0.5) is 5.82 Å². The summed E-state index contributed by atoms with van der Waals surface area (Å²) in [4.78, 5) is 23.6. The second-order valence-corrected chi connectivity index (χ2v) is 6.17. The molecule has 1 aromatic carbocycles. The molecule has 0 radical (unpaired) electrons. The molecule has 0 aliphatic carbocycles. The quantitative estimate of drug-likeness (QED) is 0.674. The summed E-state index contributed by atoms with van der Waals surface area (Å²) in [6.45, 7) is 2.81. The highest BCUT2D eigenvalue weighted by Gasteiger charge is 2.09. The summed E-state index contributed by atoms with van der Waals surface area (Å²) in [7, 11) is 5.58. The Labute approximate surface area is 152 Å². The van der Waals surface area contributed by atoms with Crippen LogP contribution in [0.2, 0.25) is 0 Å². The van der Waals surface area contributed by atoms with Crippen LogP contribution in [0.25, 0.3) is 10.9 Å². The number of nitrogens with zero attached hydrogens (tertiary/aromatic N) is 6. The third-order valence-corrected chi connectivity index (χ3v) is 4.24. The number of carbonyl (C=O) groups excluding carboxylic acids is 1. The summed E-state index contributed by atoms with van der Waals surface area (Å²) in [5, 5.41) is 5.23. The van der Waals surface area contributed by atoms with Crippen LogP contribution in [-0.2, 0) is 11.8 Å². The van der Waals surface area contributed by atoms with Crippen molar-refractivity contribution in [2.24, 2.45) is 7.05 Å². The maximum absolute atomic E-state index is 11.3. The van der Waals surface area contributed by atoms with Crippen molar-refractivity contribution in [2.75, 3.05) is 32.1 Å². The second kappa shape index (κ2) is 7.38. The average Bonchev–Trinajstić information content (AvgIpc) is 3.00. The highest BCUT2D eigenvalue weighted by atomic mass is 16.5. The summed E-state index contributed by atoms with van der Waals surface area (Å²) in [5.41, 5.74) is 1.03. The predicted octanol–water partition coefficient (Wildman–Crippen LogP) is 2.07. The Kier molecular flexibility index (Phi) is 5.01. The summed E-state index contributed by atoms with van der Waals surface area (Å²) in [6, 6.07) is 5.75. The van der Waals surface area contributed by atoms with Gasteiger partial charge in [0.1, 0.15) is 5.75 Å². The number of anilines is 1. The van der Waals surface area contributed by atoms with E-state index < -0.39 is 0 Å². The summed E-state index contributed by atoms with van der Waals surface area (Å²) >= 11 is 0. The molecule has 0 saturated carbocycles. The number of fused-ring (bicyclic) bond motifs is 1. The van der Waals surface area contributed by atoms with Crippen molar-refractivity contribution in [1.82, 2.24) is 24.6 Å². The van der Waals surface area contributed by atoms with Gasteiger partial charge in [-0.2, -0.15) is 10.1 Å². The molecule has 0 aliphatic rings. The number of hydrogen-bond donors (Lipinski definition) is 0. The monoisotopic (exact) mass is 354 g/mol. The number of carbonyl (C=O) groups is 1. The number of ether oxygens (including phenoxy) is 1. The van der Waals surface area contributed by atoms with E-state index >= 15 is 0 Å². The number of hydrogen-bond acceptors (Lipinski definition) is 6. The Hall–Kier alpha value is -3.16. The largest absolute Gasteiger partial charge is 0.437 e. The Bertz CT molecular complexity index is 923. The van der Waals surface area contributed by atoms with Crippen molar-refractivity contribution in [1.29, 1.82) is 0 Å². The van der Waals surface area contributed by atoms with E-state index in [9.17, 15) is 4.79 Å². The number of likely N-dealkylation sites (N-methyl/N-ethyl adjacent to an activating group) is 2. The molecule has 3 aromatic rings. The molecule has 2 aromatic heterocycles. The van der Waals surface area contributed by atoms with Gasteiger partial charge in [-0.1, -0.05) is 0 Å². The fourth-order valence-electron chi connectivity index (χ4n) is 2.47. The third-order valence-electron chi connectivity index (χ3n) is 4.24. The Morgan fingerprint density at radius 3 is 2.77 bits per heavy atom. The molecule has 0 bridgehead atoms. The first kappa shape index (κ1) is 17.7. The van der Waals surface area contributed by atoms with E-state index in [1.54, 1.807) is 37.5 Å². The lowest BCUT2D eigenvalue weighted by atomic mass is 10.2. The van der Waals surface area contributed by atoms with Gasteiger partial charge >= 0.3 is 0 Å². The first-order chi connectivity index (χ1) is 12.4. The van der Waals surface area contributed by atoms with Crippen LogP contribution in [0.5, 0.6) is 11.6 Å². The van der Waals surface area contributed by atoms with Crippen molar-refractivity contribution < 1.29 is 9.53 Å². The molecule has 0 fully saturated rings. The minimum absolute atomic E-state index is 0.0346. The average molecular weight is 354 g/mol. The van der Waals surface area contributed by atoms with Crippen LogP contribution < -0.4 is 9.64 Å². The predicted molar refractivity (Wildman–Crippen MR) is 99.4 cm³/mol. The van der Waals surface area contributed by atoms with Gasteiger partial charge in [0.15, 0.2) is 5.82 Å². The molecule has 136 valence electrons. The van der Waals surface area contributed by atoms with E-state index in [-0.39, 0.29) is 5.91 Å². The van der Waals surface area contributed by atoms with Crippen LogP contribution in [0, 0.1) is 0 Å². The zero-order chi connectivity index (χ0) is 18.7. The van der Waals surface area contributed by atoms with Gasteiger partial charge < -0.3 is 14.5 Å². The normalized spacial score (nSPS) is 10.8. The molecule has 2 heterocycles. The first-order valence-corrected chi connectivity index (χ1v) is 8.28. The lowest BCUT2D eigenvalue weighted by Gasteiger charge is -2.22. The van der Waals surface area contributed by atoms with Crippen molar-refractivity contribution in [3.05, 3.63) is 36.8 Å². The molecule has 26 heavy (non-hydrogen) atoms. The molecule has 8 heteroatoms. The maximum atomic E-state index is 11.3. The SMILES string of the molecule is CC(=O)N(C)CCN(C)c1cncc(Oc2ccc3c(cnn3C)c2)n1. The highest BCUT2D eigenvalue weighted by molar-refractivity contribution is 5.80. The van der Waals surface area contributed by atoms with E-state index in [2.05, 4.69) is 15.1 Å². The minimum atomic E-state index is 0.0346. The number of aryl methyl sites for hydroxylation is 1. The fourth-order valence-corrected chi connectivity index (χ4v) is 2.47. The van der Waals surface area contributed by atoms with Gasteiger partial charge in [0.05, 0.1) is 24.1 Å².